The molecular formula is C28H26N2O6. The molecule has 36 heavy (non-hydrogen) atoms. The van der Waals surface area contributed by atoms with Gasteiger partial charge in [-0.05, 0) is 37.5 Å². The van der Waals surface area contributed by atoms with Gasteiger partial charge in [-0.3, -0.25) is 14.4 Å². The minimum Gasteiger partial charge on any atom is -0.503 e. The molecule has 1 spiro atoms. The van der Waals surface area contributed by atoms with Crippen LogP contribution in [0.25, 0.3) is 11.0 Å². The number of carbonyl (C=O) groups is 3. The fourth-order valence-electron chi connectivity index (χ4n) is 5.78. The Morgan fingerprint density at radius 3 is 2.67 bits per heavy atom. The highest BCUT2D eigenvalue weighted by Gasteiger charge is 2.66. The van der Waals surface area contributed by atoms with E-state index in [0.717, 1.165) is 12.8 Å². The average molecular weight is 487 g/mol. The molecule has 0 saturated carbocycles. The van der Waals surface area contributed by atoms with Gasteiger partial charge in [0.1, 0.15) is 5.58 Å². The molecule has 1 saturated heterocycles. The van der Waals surface area contributed by atoms with Gasteiger partial charge in [0.25, 0.3) is 11.8 Å². The Hall–Kier alpha value is -3.91. The maximum absolute atomic E-state index is 14.3. The van der Waals surface area contributed by atoms with E-state index in [0.29, 0.717) is 41.8 Å². The van der Waals surface area contributed by atoms with Crippen LogP contribution in [-0.2, 0) is 19.9 Å². The van der Waals surface area contributed by atoms with Crippen LogP contribution in [0.1, 0.15) is 42.3 Å². The van der Waals surface area contributed by atoms with Crippen molar-refractivity contribution in [1.82, 2.24) is 4.90 Å². The Morgan fingerprint density at radius 1 is 1.14 bits per heavy atom. The lowest BCUT2D eigenvalue weighted by molar-refractivity contribution is -0.141. The van der Waals surface area contributed by atoms with E-state index in [1.54, 1.807) is 35.2 Å². The number of furan rings is 1. The van der Waals surface area contributed by atoms with Crippen molar-refractivity contribution in [3.8, 4) is 0 Å². The molecule has 0 aliphatic carbocycles. The van der Waals surface area contributed by atoms with Gasteiger partial charge in [-0.15, -0.1) is 0 Å². The van der Waals surface area contributed by atoms with Crippen LogP contribution in [0.15, 0.2) is 70.3 Å². The van der Waals surface area contributed by atoms with Crippen molar-refractivity contribution >= 4 is 34.3 Å². The number of carbonyl (C=O) groups excluding carboxylic acids is 3. The zero-order valence-corrected chi connectivity index (χ0v) is 19.9. The second-order valence-corrected chi connectivity index (χ2v) is 9.44. The number of nitrogens with zero attached hydrogens (tertiary/aromatic N) is 2. The summed E-state index contributed by atoms with van der Waals surface area (Å²) in [5, 5.41) is 11.9. The topological polar surface area (TPSA) is 100 Å². The number of rotatable bonds is 6. The molecule has 2 amide bonds. The van der Waals surface area contributed by atoms with Crippen LogP contribution in [0.4, 0.5) is 5.69 Å². The SMILES string of the molecule is CCCN1C(=O)C2(C(C(=O)c3cc4ccccc4o3)=C(O)C(=O)N2CC2CCCO2)c2ccccc21. The normalized spacial score (nSPS) is 23.5. The Balaban J connectivity index is 1.57. The number of hydrogen-bond donors (Lipinski definition) is 1. The number of anilines is 1. The van der Waals surface area contributed by atoms with Gasteiger partial charge in [0.15, 0.2) is 17.1 Å². The van der Waals surface area contributed by atoms with Crippen molar-refractivity contribution < 1.29 is 28.6 Å². The molecule has 2 aromatic carbocycles. The highest BCUT2D eigenvalue weighted by atomic mass is 16.5. The van der Waals surface area contributed by atoms with Crippen molar-refractivity contribution in [2.75, 3.05) is 24.6 Å². The first-order valence-corrected chi connectivity index (χ1v) is 12.3. The van der Waals surface area contributed by atoms with Gasteiger partial charge in [-0.25, -0.2) is 0 Å². The molecule has 1 fully saturated rings. The lowest BCUT2D eigenvalue weighted by Gasteiger charge is -2.36. The van der Waals surface area contributed by atoms with E-state index in [1.807, 2.05) is 31.2 Å². The zero-order valence-electron chi connectivity index (χ0n) is 19.9. The minimum absolute atomic E-state index is 0.0388. The summed E-state index contributed by atoms with van der Waals surface area (Å²) in [7, 11) is 0. The quantitative estimate of drug-likeness (QED) is 0.527. The van der Waals surface area contributed by atoms with E-state index in [4.69, 9.17) is 9.15 Å². The number of ketones is 1. The van der Waals surface area contributed by atoms with Crippen LogP contribution < -0.4 is 4.90 Å². The van der Waals surface area contributed by atoms with Crippen LogP contribution in [0.3, 0.4) is 0 Å². The summed E-state index contributed by atoms with van der Waals surface area (Å²) in [6, 6.07) is 15.9. The number of amides is 2. The highest BCUT2D eigenvalue weighted by molar-refractivity contribution is 6.26. The number of benzene rings is 2. The first-order chi connectivity index (χ1) is 17.5. The van der Waals surface area contributed by atoms with Gasteiger partial charge in [-0.1, -0.05) is 43.3 Å². The molecule has 6 rings (SSSR count). The molecule has 184 valence electrons. The molecule has 3 aliphatic rings. The molecule has 2 atom stereocenters. The standard InChI is InChI=1S/C28H26N2O6/c1-2-13-29-20-11-5-4-10-19(20)28(27(29)34)23(24(31)22-15-17-8-3-6-12-21(17)36-22)25(32)26(33)30(28)16-18-9-7-14-35-18/h3-6,8,10-12,15,18,32H,2,7,9,13-14,16H2,1H3. The summed E-state index contributed by atoms with van der Waals surface area (Å²) in [6.07, 6.45) is 1.95. The number of para-hydroxylation sites is 2. The molecule has 0 bridgehead atoms. The van der Waals surface area contributed by atoms with Gasteiger partial charge in [-0.2, -0.15) is 0 Å². The van der Waals surface area contributed by atoms with Crippen molar-refractivity contribution in [3.05, 3.63) is 77.3 Å². The number of aliphatic hydroxyl groups excluding tert-OH is 1. The zero-order chi connectivity index (χ0) is 25.0. The van der Waals surface area contributed by atoms with E-state index in [2.05, 4.69) is 0 Å². The maximum Gasteiger partial charge on any atom is 0.290 e. The van der Waals surface area contributed by atoms with Gasteiger partial charge < -0.3 is 24.1 Å². The number of hydrogen-bond acceptors (Lipinski definition) is 6. The molecule has 8 nitrogen and oxygen atoms in total. The minimum atomic E-state index is -1.80. The number of ether oxygens (including phenoxy) is 1. The highest BCUT2D eigenvalue weighted by Crippen LogP contribution is 2.53. The molecular weight excluding hydrogens is 460 g/mol. The molecule has 4 heterocycles. The molecule has 1 N–H and O–H groups in total. The summed E-state index contributed by atoms with van der Waals surface area (Å²) in [5.41, 5.74) is -0.436. The third kappa shape index (κ3) is 3.00. The summed E-state index contributed by atoms with van der Waals surface area (Å²) >= 11 is 0. The van der Waals surface area contributed by atoms with Crippen LogP contribution in [-0.4, -0.2) is 53.4 Å². The molecule has 3 aromatic rings. The van der Waals surface area contributed by atoms with Crippen molar-refractivity contribution in [3.63, 3.8) is 0 Å². The van der Waals surface area contributed by atoms with Gasteiger partial charge >= 0.3 is 0 Å². The van der Waals surface area contributed by atoms with E-state index in [1.165, 1.54) is 4.90 Å². The number of Topliss-reactive ketones (excluding diaryl/α,β-unsaturated/α-hetero) is 1. The van der Waals surface area contributed by atoms with Gasteiger partial charge in [0.2, 0.25) is 5.78 Å². The summed E-state index contributed by atoms with van der Waals surface area (Å²) in [6.45, 7) is 3.02. The van der Waals surface area contributed by atoms with Crippen molar-refractivity contribution in [2.45, 2.75) is 37.8 Å². The molecule has 1 aromatic heterocycles. The summed E-state index contributed by atoms with van der Waals surface area (Å²) < 4.78 is 11.6. The fourth-order valence-corrected chi connectivity index (χ4v) is 5.78. The predicted molar refractivity (Wildman–Crippen MR) is 132 cm³/mol. The number of fused-ring (bicyclic) bond motifs is 3. The monoisotopic (exact) mass is 486 g/mol. The van der Waals surface area contributed by atoms with Crippen LogP contribution >= 0.6 is 0 Å². The van der Waals surface area contributed by atoms with E-state index < -0.39 is 28.9 Å². The smallest absolute Gasteiger partial charge is 0.290 e. The fraction of sp³-hybridized carbons (Fsp3) is 0.321. The Kier molecular flexibility index (Phi) is 5.22. The van der Waals surface area contributed by atoms with E-state index in [9.17, 15) is 19.5 Å². The Labute approximate surface area is 207 Å². The largest absolute Gasteiger partial charge is 0.503 e. The van der Waals surface area contributed by atoms with Crippen molar-refractivity contribution in [1.29, 1.82) is 0 Å². The molecule has 3 aliphatic heterocycles. The second kappa shape index (κ2) is 8.34. The van der Waals surface area contributed by atoms with Gasteiger partial charge in [0.05, 0.1) is 17.4 Å². The summed E-state index contributed by atoms with van der Waals surface area (Å²) in [4.78, 5) is 44.9. The molecule has 2 unspecified atom stereocenters. The van der Waals surface area contributed by atoms with E-state index >= 15 is 0 Å². The number of aliphatic hydroxyl groups is 1. The lowest BCUT2D eigenvalue weighted by Crippen LogP contribution is -2.55. The van der Waals surface area contributed by atoms with E-state index in [-0.39, 0.29) is 24.0 Å². The average Bonchev–Trinajstić information content (AvgIpc) is 3.65. The van der Waals surface area contributed by atoms with Crippen LogP contribution in [0.2, 0.25) is 0 Å². The Bertz CT molecular complexity index is 1400. The first-order valence-electron chi connectivity index (χ1n) is 12.3. The second-order valence-electron chi connectivity index (χ2n) is 9.44. The molecule has 0 radical (unpaired) electrons. The summed E-state index contributed by atoms with van der Waals surface area (Å²) in [5.74, 6) is -2.64. The van der Waals surface area contributed by atoms with Crippen molar-refractivity contribution in [2.24, 2.45) is 0 Å². The third-order valence-corrected chi connectivity index (χ3v) is 7.32. The maximum atomic E-state index is 14.3. The van der Waals surface area contributed by atoms with Gasteiger partial charge in [0, 0.05) is 30.6 Å². The predicted octanol–water partition coefficient (Wildman–Crippen LogP) is 4.10. The van der Waals surface area contributed by atoms with Crippen LogP contribution in [0, 0.1) is 0 Å². The van der Waals surface area contributed by atoms with Crippen LogP contribution in [0.5, 0.6) is 0 Å². The lowest BCUT2D eigenvalue weighted by atomic mass is 9.81. The Morgan fingerprint density at radius 2 is 1.92 bits per heavy atom. The first kappa shape index (κ1) is 22.5. The molecule has 8 heteroatoms. The third-order valence-electron chi connectivity index (χ3n) is 7.32.